The second-order valence-electron chi connectivity index (χ2n) is 3.38. The third-order valence-corrected chi connectivity index (χ3v) is 1.74. The Kier molecular flexibility index (Phi) is 4.28. The lowest BCUT2D eigenvalue weighted by Crippen LogP contribution is -2.05. The summed E-state index contributed by atoms with van der Waals surface area (Å²) in [5, 5.41) is 8.53. The van der Waals surface area contributed by atoms with Gasteiger partial charge < -0.3 is 0 Å². The highest BCUT2D eigenvalue weighted by atomic mass is 16.1. The molecule has 0 aromatic rings. The number of hydrogen-bond acceptors (Lipinski definition) is 2. The van der Waals surface area contributed by atoms with E-state index < -0.39 is 0 Å². The number of ketones is 1. The van der Waals surface area contributed by atoms with Gasteiger partial charge >= 0.3 is 0 Å². The first-order valence-electron chi connectivity index (χ1n) is 4.09. The number of rotatable bonds is 3. The van der Waals surface area contributed by atoms with Gasteiger partial charge in [0.2, 0.25) is 0 Å². The Morgan fingerprint density at radius 3 is 2.25 bits per heavy atom. The lowest BCUT2D eigenvalue weighted by Gasteiger charge is -2.03. The molecule has 0 aromatic carbocycles. The molecule has 0 aliphatic heterocycles. The maximum absolute atomic E-state index is 11.3. The van der Waals surface area contributed by atoms with Crippen LogP contribution in [-0.2, 0) is 4.79 Å². The quantitative estimate of drug-likeness (QED) is 0.476. The molecule has 2 heteroatoms. The van der Waals surface area contributed by atoms with Crippen molar-refractivity contribution in [1.82, 2.24) is 0 Å². The molecule has 0 aliphatic carbocycles. The van der Waals surface area contributed by atoms with Crippen molar-refractivity contribution in [2.24, 2.45) is 5.92 Å². The highest BCUT2D eigenvalue weighted by Gasteiger charge is 2.09. The van der Waals surface area contributed by atoms with Gasteiger partial charge in [-0.25, -0.2) is 0 Å². The first-order chi connectivity index (χ1) is 5.49. The van der Waals surface area contributed by atoms with Crippen molar-refractivity contribution in [3.05, 3.63) is 11.1 Å². The minimum atomic E-state index is 0.0871. The molecule has 0 fully saturated rings. The smallest absolute Gasteiger partial charge is 0.159 e. The summed E-state index contributed by atoms with van der Waals surface area (Å²) in [6, 6.07) is 1.98. The number of carbonyl (C=O) groups excluding carboxylic acids is 1. The van der Waals surface area contributed by atoms with Gasteiger partial charge in [0.25, 0.3) is 0 Å². The van der Waals surface area contributed by atoms with Gasteiger partial charge in [0.05, 0.1) is 6.07 Å². The van der Waals surface area contributed by atoms with Crippen LogP contribution in [-0.4, -0.2) is 5.78 Å². The molecule has 0 amide bonds. The molecule has 0 saturated carbocycles. The molecule has 0 heterocycles. The molecule has 0 radical (unpaired) electrons. The Hall–Kier alpha value is -1.10. The minimum absolute atomic E-state index is 0.0871. The van der Waals surface area contributed by atoms with Gasteiger partial charge in [0, 0.05) is 17.6 Å². The predicted molar refractivity (Wildman–Crippen MR) is 48.4 cm³/mol. The molecule has 0 aliphatic rings. The van der Waals surface area contributed by atoms with E-state index in [1.54, 1.807) is 13.8 Å². The number of hydrogen-bond donors (Lipinski definition) is 0. The summed E-state index contributed by atoms with van der Waals surface area (Å²) in [6.07, 6.45) is 0.533. The summed E-state index contributed by atoms with van der Waals surface area (Å²) in [7, 11) is 0. The summed E-state index contributed by atoms with van der Waals surface area (Å²) in [5.41, 5.74) is 1.13. The van der Waals surface area contributed by atoms with Crippen LogP contribution in [0.15, 0.2) is 11.1 Å². The molecule has 2 nitrogen and oxygen atoms in total. The number of nitrogens with zero attached hydrogens (tertiary/aromatic N) is 1. The van der Waals surface area contributed by atoms with Crippen LogP contribution in [0.2, 0.25) is 0 Å². The Balaban J connectivity index is 4.42. The molecule has 66 valence electrons. The number of allylic oxidation sites excluding steroid dienone is 2. The molecular weight excluding hydrogens is 150 g/mol. The van der Waals surface area contributed by atoms with Crippen LogP contribution in [0.1, 0.15) is 34.1 Å². The lowest BCUT2D eigenvalue weighted by molar-refractivity contribution is -0.116. The molecule has 0 bridgehead atoms. The molecule has 0 unspecified atom stereocenters. The van der Waals surface area contributed by atoms with Gasteiger partial charge in [-0.05, 0) is 19.8 Å². The third-order valence-electron chi connectivity index (χ3n) is 1.74. The zero-order valence-corrected chi connectivity index (χ0v) is 8.14. The minimum Gasteiger partial charge on any atom is -0.295 e. The first kappa shape index (κ1) is 10.9. The lowest BCUT2D eigenvalue weighted by atomic mass is 9.99. The molecular formula is C10H15NO. The Bertz CT molecular complexity index is 243. The van der Waals surface area contributed by atoms with Crippen molar-refractivity contribution in [2.75, 3.05) is 0 Å². The van der Waals surface area contributed by atoms with E-state index in [1.807, 2.05) is 19.9 Å². The first-order valence-corrected chi connectivity index (χ1v) is 4.09. The van der Waals surface area contributed by atoms with E-state index in [0.717, 1.165) is 0 Å². The topological polar surface area (TPSA) is 40.9 Å². The highest BCUT2D eigenvalue weighted by Crippen LogP contribution is 2.10. The standard InChI is InChI=1S/C10H15NO/c1-7(2)5-10(12)9(4)8(3)6-11/h7H,5H2,1-4H3/b9-8-. The summed E-state index contributed by atoms with van der Waals surface area (Å²) >= 11 is 0. The van der Waals surface area contributed by atoms with Crippen molar-refractivity contribution in [3.63, 3.8) is 0 Å². The van der Waals surface area contributed by atoms with Gasteiger partial charge in [0.1, 0.15) is 0 Å². The second kappa shape index (κ2) is 4.71. The van der Waals surface area contributed by atoms with Crippen LogP contribution in [0.25, 0.3) is 0 Å². The number of nitriles is 1. The van der Waals surface area contributed by atoms with E-state index in [4.69, 9.17) is 5.26 Å². The Labute approximate surface area is 73.9 Å². The molecule has 12 heavy (non-hydrogen) atoms. The van der Waals surface area contributed by atoms with E-state index in [1.165, 1.54) is 0 Å². The monoisotopic (exact) mass is 165 g/mol. The summed E-state index contributed by atoms with van der Waals surface area (Å²) in [5.74, 6) is 0.447. The van der Waals surface area contributed by atoms with E-state index in [2.05, 4.69) is 0 Å². The predicted octanol–water partition coefficient (Wildman–Crippen LogP) is 2.46. The van der Waals surface area contributed by atoms with Gasteiger partial charge in [-0.2, -0.15) is 5.26 Å². The SMILES string of the molecule is C/C(C#N)=C(\C)C(=O)CC(C)C. The fourth-order valence-corrected chi connectivity index (χ4v) is 0.817. The summed E-state index contributed by atoms with van der Waals surface area (Å²) in [4.78, 5) is 11.3. The van der Waals surface area contributed by atoms with Crippen LogP contribution in [0.4, 0.5) is 0 Å². The van der Waals surface area contributed by atoms with E-state index in [0.29, 0.717) is 23.5 Å². The van der Waals surface area contributed by atoms with Crippen molar-refractivity contribution in [1.29, 1.82) is 5.26 Å². The third kappa shape index (κ3) is 3.34. The van der Waals surface area contributed by atoms with Crippen LogP contribution in [0, 0.1) is 17.2 Å². The van der Waals surface area contributed by atoms with Crippen molar-refractivity contribution < 1.29 is 4.79 Å². The average molecular weight is 165 g/mol. The van der Waals surface area contributed by atoms with Crippen molar-refractivity contribution >= 4 is 5.78 Å². The van der Waals surface area contributed by atoms with Gasteiger partial charge in [-0.3, -0.25) is 4.79 Å². The largest absolute Gasteiger partial charge is 0.295 e. The Morgan fingerprint density at radius 2 is 1.92 bits per heavy atom. The second-order valence-corrected chi connectivity index (χ2v) is 3.38. The number of carbonyl (C=O) groups is 1. The summed E-state index contributed by atoms with van der Waals surface area (Å²) < 4.78 is 0. The molecule has 0 atom stereocenters. The van der Waals surface area contributed by atoms with Crippen LogP contribution in [0.5, 0.6) is 0 Å². The Morgan fingerprint density at radius 1 is 1.42 bits per heavy atom. The van der Waals surface area contributed by atoms with Crippen LogP contribution in [0.3, 0.4) is 0 Å². The fraction of sp³-hybridized carbons (Fsp3) is 0.600. The van der Waals surface area contributed by atoms with Gasteiger partial charge in [-0.15, -0.1) is 0 Å². The van der Waals surface area contributed by atoms with E-state index in [9.17, 15) is 4.79 Å². The highest BCUT2D eigenvalue weighted by molar-refractivity contribution is 5.96. The zero-order chi connectivity index (χ0) is 9.72. The molecule has 0 saturated heterocycles. The maximum Gasteiger partial charge on any atom is 0.159 e. The maximum atomic E-state index is 11.3. The van der Waals surface area contributed by atoms with Crippen molar-refractivity contribution in [3.8, 4) is 6.07 Å². The fourth-order valence-electron chi connectivity index (χ4n) is 0.817. The molecule has 0 N–H and O–H groups in total. The zero-order valence-electron chi connectivity index (χ0n) is 8.14. The number of Topliss-reactive ketones (excluding diaryl/α,β-unsaturated/α-hetero) is 1. The van der Waals surface area contributed by atoms with Gasteiger partial charge in [0.15, 0.2) is 5.78 Å². The van der Waals surface area contributed by atoms with E-state index in [-0.39, 0.29) is 5.78 Å². The van der Waals surface area contributed by atoms with Crippen LogP contribution >= 0.6 is 0 Å². The van der Waals surface area contributed by atoms with Crippen molar-refractivity contribution in [2.45, 2.75) is 34.1 Å². The van der Waals surface area contributed by atoms with Crippen LogP contribution < -0.4 is 0 Å². The molecule has 0 rings (SSSR count). The average Bonchev–Trinajstić information content (AvgIpc) is 2.00. The van der Waals surface area contributed by atoms with E-state index >= 15 is 0 Å². The normalized spacial score (nSPS) is 12.3. The molecule has 0 aromatic heterocycles. The van der Waals surface area contributed by atoms with Gasteiger partial charge in [-0.1, -0.05) is 13.8 Å². The molecule has 0 spiro atoms. The summed E-state index contributed by atoms with van der Waals surface area (Å²) in [6.45, 7) is 7.37.